The maximum absolute atomic E-state index is 5.72. The molecule has 0 spiro atoms. The van der Waals surface area contributed by atoms with Crippen LogP contribution < -0.4 is 5.32 Å². The standard InChI is InChI=1S/C17H28N2O2/c1-15-14-19(9-12-21-11-6-10-20-2)17(13-18-15)16-7-4-3-5-8-16/h3-5,7-8,15,17-18H,6,9-14H2,1-2H3. The van der Waals surface area contributed by atoms with Gasteiger partial charge < -0.3 is 14.8 Å². The molecule has 2 rings (SSSR count). The summed E-state index contributed by atoms with van der Waals surface area (Å²) < 4.78 is 10.7. The van der Waals surface area contributed by atoms with Crippen LogP contribution in [0, 0.1) is 0 Å². The molecular formula is C17H28N2O2. The maximum atomic E-state index is 5.72. The highest BCUT2D eigenvalue weighted by Gasteiger charge is 2.26. The van der Waals surface area contributed by atoms with E-state index in [-0.39, 0.29) is 0 Å². The SMILES string of the molecule is COCCCOCCN1CC(C)NCC1c1ccccc1. The Bertz CT molecular complexity index is 386. The number of piperazine rings is 1. The van der Waals surface area contributed by atoms with E-state index in [1.54, 1.807) is 7.11 Å². The number of hydrogen-bond donors (Lipinski definition) is 1. The lowest BCUT2D eigenvalue weighted by atomic mass is 10.0. The Morgan fingerprint density at radius 1 is 1.19 bits per heavy atom. The van der Waals surface area contributed by atoms with Gasteiger partial charge in [0, 0.05) is 52.0 Å². The van der Waals surface area contributed by atoms with Crippen LogP contribution in [0.2, 0.25) is 0 Å². The van der Waals surface area contributed by atoms with Crippen LogP contribution in [-0.2, 0) is 9.47 Å². The third-order valence-electron chi connectivity index (χ3n) is 3.95. The first-order chi connectivity index (χ1) is 10.3. The fourth-order valence-electron chi connectivity index (χ4n) is 2.83. The predicted molar refractivity (Wildman–Crippen MR) is 85.5 cm³/mol. The van der Waals surface area contributed by atoms with Crippen molar-refractivity contribution in [2.45, 2.75) is 25.4 Å². The van der Waals surface area contributed by atoms with Gasteiger partial charge in [-0.3, -0.25) is 4.90 Å². The number of methoxy groups -OCH3 is 1. The minimum Gasteiger partial charge on any atom is -0.385 e. The molecule has 2 atom stereocenters. The lowest BCUT2D eigenvalue weighted by Gasteiger charge is -2.39. The Hall–Kier alpha value is -0.940. The van der Waals surface area contributed by atoms with E-state index in [9.17, 15) is 0 Å². The van der Waals surface area contributed by atoms with E-state index >= 15 is 0 Å². The Morgan fingerprint density at radius 2 is 2.00 bits per heavy atom. The van der Waals surface area contributed by atoms with E-state index in [1.807, 2.05) is 0 Å². The quantitative estimate of drug-likeness (QED) is 0.744. The van der Waals surface area contributed by atoms with Crippen molar-refractivity contribution in [3.8, 4) is 0 Å². The fourth-order valence-corrected chi connectivity index (χ4v) is 2.83. The molecule has 1 aliphatic rings. The van der Waals surface area contributed by atoms with Gasteiger partial charge in [0.2, 0.25) is 0 Å². The van der Waals surface area contributed by atoms with Crippen molar-refractivity contribution in [3.63, 3.8) is 0 Å². The molecule has 0 bridgehead atoms. The summed E-state index contributed by atoms with van der Waals surface area (Å²) in [6, 6.07) is 11.7. The highest BCUT2D eigenvalue weighted by molar-refractivity contribution is 5.20. The van der Waals surface area contributed by atoms with Gasteiger partial charge in [0.05, 0.1) is 6.61 Å². The molecule has 1 aromatic rings. The van der Waals surface area contributed by atoms with Gasteiger partial charge in [-0.05, 0) is 18.9 Å². The number of nitrogens with zero attached hydrogens (tertiary/aromatic N) is 1. The zero-order valence-electron chi connectivity index (χ0n) is 13.3. The largest absolute Gasteiger partial charge is 0.385 e. The van der Waals surface area contributed by atoms with Gasteiger partial charge in [0.15, 0.2) is 0 Å². The molecule has 1 aromatic carbocycles. The van der Waals surface area contributed by atoms with Crippen molar-refractivity contribution in [3.05, 3.63) is 35.9 Å². The third-order valence-corrected chi connectivity index (χ3v) is 3.95. The molecule has 0 amide bonds. The van der Waals surface area contributed by atoms with E-state index in [1.165, 1.54) is 5.56 Å². The minimum absolute atomic E-state index is 0.449. The van der Waals surface area contributed by atoms with Gasteiger partial charge in [0.1, 0.15) is 0 Å². The summed E-state index contributed by atoms with van der Waals surface area (Å²) in [5, 5.41) is 3.58. The number of benzene rings is 1. The number of nitrogens with one attached hydrogen (secondary N) is 1. The summed E-state index contributed by atoms with van der Waals surface area (Å²) in [6.45, 7) is 7.66. The average molecular weight is 292 g/mol. The molecule has 21 heavy (non-hydrogen) atoms. The van der Waals surface area contributed by atoms with Crippen molar-refractivity contribution >= 4 is 0 Å². The zero-order valence-corrected chi connectivity index (χ0v) is 13.3. The monoisotopic (exact) mass is 292 g/mol. The summed E-state index contributed by atoms with van der Waals surface area (Å²) in [7, 11) is 1.73. The summed E-state index contributed by atoms with van der Waals surface area (Å²) in [5.74, 6) is 0. The Balaban J connectivity index is 1.81. The summed E-state index contributed by atoms with van der Waals surface area (Å²) >= 11 is 0. The van der Waals surface area contributed by atoms with Crippen LogP contribution in [0.1, 0.15) is 24.9 Å². The van der Waals surface area contributed by atoms with E-state index in [0.29, 0.717) is 12.1 Å². The van der Waals surface area contributed by atoms with E-state index in [2.05, 4.69) is 47.5 Å². The molecule has 1 aliphatic heterocycles. The van der Waals surface area contributed by atoms with E-state index < -0.39 is 0 Å². The van der Waals surface area contributed by atoms with Crippen LogP contribution in [-0.4, -0.2) is 57.5 Å². The molecule has 118 valence electrons. The Labute approximate surface area is 128 Å². The second kappa shape index (κ2) is 9.15. The van der Waals surface area contributed by atoms with E-state index in [0.717, 1.165) is 45.9 Å². The van der Waals surface area contributed by atoms with Crippen molar-refractivity contribution in [2.24, 2.45) is 0 Å². The second-order valence-electron chi connectivity index (χ2n) is 5.69. The second-order valence-corrected chi connectivity index (χ2v) is 5.69. The fraction of sp³-hybridized carbons (Fsp3) is 0.647. The molecule has 0 aliphatic carbocycles. The Morgan fingerprint density at radius 3 is 2.76 bits per heavy atom. The summed E-state index contributed by atoms with van der Waals surface area (Å²) in [5.41, 5.74) is 1.39. The van der Waals surface area contributed by atoms with Crippen LogP contribution in [0.5, 0.6) is 0 Å². The molecule has 4 heteroatoms. The highest BCUT2D eigenvalue weighted by atomic mass is 16.5. The number of ether oxygens (including phenoxy) is 2. The molecule has 2 unspecified atom stereocenters. The first-order valence-corrected chi connectivity index (χ1v) is 7.90. The highest BCUT2D eigenvalue weighted by Crippen LogP contribution is 2.23. The van der Waals surface area contributed by atoms with Gasteiger partial charge in [-0.2, -0.15) is 0 Å². The molecule has 0 saturated carbocycles. The molecule has 0 aromatic heterocycles. The zero-order chi connectivity index (χ0) is 14.9. The van der Waals surface area contributed by atoms with Crippen molar-refractivity contribution < 1.29 is 9.47 Å². The summed E-state index contributed by atoms with van der Waals surface area (Å²) in [4.78, 5) is 2.53. The number of rotatable bonds is 8. The molecule has 1 heterocycles. The molecular weight excluding hydrogens is 264 g/mol. The molecule has 1 N–H and O–H groups in total. The van der Waals surface area contributed by atoms with Crippen LogP contribution >= 0.6 is 0 Å². The van der Waals surface area contributed by atoms with Crippen LogP contribution in [0.25, 0.3) is 0 Å². The van der Waals surface area contributed by atoms with Gasteiger partial charge in [0.25, 0.3) is 0 Å². The normalized spacial score (nSPS) is 23.3. The van der Waals surface area contributed by atoms with Gasteiger partial charge in [-0.15, -0.1) is 0 Å². The van der Waals surface area contributed by atoms with Gasteiger partial charge in [-0.1, -0.05) is 30.3 Å². The maximum Gasteiger partial charge on any atom is 0.0593 e. The van der Waals surface area contributed by atoms with Crippen molar-refractivity contribution in [2.75, 3.05) is 46.6 Å². The molecule has 4 nitrogen and oxygen atoms in total. The van der Waals surface area contributed by atoms with Gasteiger partial charge in [-0.25, -0.2) is 0 Å². The van der Waals surface area contributed by atoms with Crippen molar-refractivity contribution in [1.82, 2.24) is 10.2 Å². The first kappa shape index (κ1) is 16.4. The molecule has 0 radical (unpaired) electrons. The topological polar surface area (TPSA) is 33.7 Å². The lowest BCUT2D eigenvalue weighted by Crippen LogP contribution is -2.51. The third kappa shape index (κ3) is 5.40. The van der Waals surface area contributed by atoms with Gasteiger partial charge >= 0.3 is 0 Å². The average Bonchev–Trinajstić information content (AvgIpc) is 2.52. The van der Waals surface area contributed by atoms with Crippen LogP contribution in [0.3, 0.4) is 0 Å². The molecule has 1 saturated heterocycles. The predicted octanol–water partition coefficient (Wildman–Crippen LogP) is 2.07. The van der Waals surface area contributed by atoms with Crippen LogP contribution in [0.4, 0.5) is 0 Å². The summed E-state index contributed by atoms with van der Waals surface area (Å²) in [6.07, 6.45) is 0.969. The first-order valence-electron chi connectivity index (χ1n) is 7.90. The molecule has 1 fully saturated rings. The minimum atomic E-state index is 0.449. The van der Waals surface area contributed by atoms with Crippen molar-refractivity contribution in [1.29, 1.82) is 0 Å². The lowest BCUT2D eigenvalue weighted by molar-refractivity contribution is 0.0577. The Kier molecular flexibility index (Phi) is 7.16. The van der Waals surface area contributed by atoms with Crippen LogP contribution in [0.15, 0.2) is 30.3 Å². The van der Waals surface area contributed by atoms with E-state index in [4.69, 9.17) is 9.47 Å². The number of hydrogen-bond acceptors (Lipinski definition) is 4. The smallest absolute Gasteiger partial charge is 0.0593 e.